The van der Waals surface area contributed by atoms with Crippen LogP contribution in [0.2, 0.25) is 0 Å². The average Bonchev–Trinajstić information content (AvgIpc) is 3.83. The Morgan fingerprint density at radius 1 is 0.818 bits per heavy atom. The van der Waals surface area contributed by atoms with Crippen molar-refractivity contribution in [2.75, 3.05) is 28.3 Å². The van der Waals surface area contributed by atoms with Crippen LogP contribution in [-0.2, 0) is 52.2 Å². The Hall–Kier alpha value is -3.84. The van der Waals surface area contributed by atoms with Gasteiger partial charge in [-0.05, 0) is 91.4 Å². The van der Waals surface area contributed by atoms with Gasteiger partial charge in [-0.15, -0.1) is 0 Å². The number of benzene rings is 2. The molecular formula is C50H69NO15. The number of hydrogen-bond donors (Lipinski definition) is 2. The highest BCUT2D eigenvalue weighted by molar-refractivity contribution is 5.92. The first kappa shape index (κ1) is 50.0. The molecule has 1 saturated carbocycles. The number of likely N-dealkylation sites (N-methyl/N-ethyl adjacent to an activating group) is 1. The minimum absolute atomic E-state index is 0.0346. The third-order valence-electron chi connectivity index (χ3n) is 15.3. The van der Waals surface area contributed by atoms with E-state index in [1.54, 1.807) is 82.3 Å². The van der Waals surface area contributed by atoms with Gasteiger partial charge in [-0.3, -0.25) is 9.59 Å². The van der Waals surface area contributed by atoms with Crippen LogP contribution < -0.4 is 0 Å². The highest BCUT2D eigenvalue weighted by atomic mass is 16.7. The van der Waals surface area contributed by atoms with Crippen LogP contribution >= 0.6 is 0 Å². The maximum Gasteiger partial charge on any atom is 0.338 e. The number of carbonyl (C=O) groups excluding carboxylic acids is 4. The summed E-state index contributed by atoms with van der Waals surface area (Å²) in [5.74, 6) is -7.16. The molecule has 16 heteroatoms. The summed E-state index contributed by atoms with van der Waals surface area (Å²) in [6, 6.07) is 14.9. The number of methoxy groups -OCH3 is 2. The number of esters is 3. The van der Waals surface area contributed by atoms with Crippen LogP contribution in [0, 0.1) is 23.7 Å². The van der Waals surface area contributed by atoms with Gasteiger partial charge in [0.15, 0.2) is 24.8 Å². The van der Waals surface area contributed by atoms with E-state index >= 15 is 4.79 Å². The van der Waals surface area contributed by atoms with Gasteiger partial charge in [0.2, 0.25) is 0 Å². The molecule has 0 radical (unpaired) electrons. The molecule has 364 valence electrons. The molecule has 4 bridgehead atoms. The molecular weight excluding hydrogens is 855 g/mol. The SMILES string of the molecule is CO[C@]1(C)CC(O[C@H]2[C@H](C)[C@H]3OC4O[C@H](C)C[C@H](N(C)C)[C@H]4OC(=O)c4cccc(c4)[C@H](C[C@]3(C)OC)C(=O)[C@H](C)[C@@H](O)[C@@]3(O)C(C)[C@H]3OC(=O)[C@@H]2C)O[C@@H](C)[C@@H]1OC(=O)c1ccccc1. The zero-order valence-electron chi connectivity index (χ0n) is 40.2. The Balaban J connectivity index is 1.35. The van der Waals surface area contributed by atoms with E-state index in [-0.39, 0.29) is 30.6 Å². The second-order valence-electron chi connectivity index (χ2n) is 20.0. The molecule has 2 N–H and O–H groups in total. The molecule has 0 aromatic heterocycles. The van der Waals surface area contributed by atoms with Gasteiger partial charge < -0.3 is 57.7 Å². The van der Waals surface area contributed by atoms with Gasteiger partial charge in [-0.2, -0.15) is 0 Å². The standard InChI is InChI=1S/C50H69NO15/c1-25-21-35(51(9)10)39-47(60-25)66-41-27(3)38(62-36-24-49(8,59-12)43(30(6)61-36)65-45(55)31-17-14-13-15-18-31)28(4)44(54)64-42-29(5)50(42,57)40(53)26(2)37(52)34(23-48(41,7)58-11)32-19-16-20-33(22-32)46(56)63-39/h13-20,22,25-30,34-36,38-43,47,53,57H,21,23-24H2,1-12H3/t25-,26+,27+,28-,29?,30+,34+,35+,36?,38+,39-,40-,41-,42-,43+,47?,48+,49-,50+/m1/s1. The molecule has 5 aliphatic rings. The second kappa shape index (κ2) is 19.3. The van der Waals surface area contributed by atoms with Crippen molar-refractivity contribution in [3.05, 3.63) is 71.3 Å². The molecule has 4 fully saturated rings. The lowest BCUT2D eigenvalue weighted by Gasteiger charge is -2.50. The highest BCUT2D eigenvalue weighted by Crippen LogP contribution is 2.52. The number of ketones is 1. The van der Waals surface area contributed by atoms with Crippen molar-refractivity contribution < 1.29 is 72.0 Å². The van der Waals surface area contributed by atoms with Gasteiger partial charge in [0.05, 0.1) is 59.2 Å². The summed E-state index contributed by atoms with van der Waals surface area (Å²) in [6.45, 7) is 14.0. The third-order valence-corrected chi connectivity index (χ3v) is 15.3. The zero-order valence-corrected chi connectivity index (χ0v) is 40.2. The molecule has 2 aromatic carbocycles. The number of rotatable bonds is 7. The fourth-order valence-electron chi connectivity index (χ4n) is 10.9. The number of nitrogens with zero attached hydrogens (tertiary/aromatic N) is 1. The Kier molecular flexibility index (Phi) is 14.6. The van der Waals surface area contributed by atoms with E-state index < -0.39 is 125 Å². The van der Waals surface area contributed by atoms with Crippen molar-refractivity contribution in [1.29, 1.82) is 0 Å². The number of aliphatic hydroxyl groups excluding tert-OH is 1. The van der Waals surface area contributed by atoms with E-state index in [4.69, 9.17) is 42.6 Å². The molecule has 3 saturated heterocycles. The summed E-state index contributed by atoms with van der Waals surface area (Å²) in [5, 5.41) is 23.8. The fourth-order valence-corrected chi connectivity index (χ4v) is 10.9. The number of aliphatic hydroxyl groups is 2. The van der Waals surface area contributed by atoms with Crippen LogP contribution in [0.25, 0.3) is 0 Å². The predicted molar refractivity (Wildman–Crippen MR) is 237 cm³/mol. The molecule has 4 heterocycles. The predicted octanol–water partition coefficient (Wildman–Crippen LogP) is 4.85. The minimum Gasteiger partial charge on any atom is -0.458 e. The summed E-state index contributed by atoms with van der Waals surface area (Å²) in [4.78, 5) is 59.1. The Bertz CT molecular complexity index is 2090. The Labute approximate surface area is 387 Å². The minimum atomic E-state index is -1.94. The van der Waals surface area contributed by atoms with Crippen molar-refractivity contribution >= 4 is 23.7 Å². The van der Waals surface area contributed by atoms with Crippen LogP contribution in [0.3, 0.4) is 0 Å². The van der Waals surface area contributed by atoms with Crippen molar-refractivity contribution in [1.82, 2.24) is 4.90 Å². The molecule has 0 amide bonds. The Morgan fingerprint density at radius 2 is 1.50 bits per heavy atom. The lowest BCUT2D eigenvalue weighted by molar-refractivity contribution is -0.318. The lowest BCUT2D eigenvalue weighted by atomic mass is 9.72. The molecule has 2 aromatic rings. The molecule has 16 nitrogen and oxygen atoms in total. The summed E-state index contributed by atoms with van der Waals surface area (Å²) in [6.07, 6.45) is -9.56. The summed E-state index contributed by atoms with van der Waals surface area (Å²) < 4.78 is 58.3. The smallest absolute Gasteiger partial charge is 0.338 e. The number of carbonyl (C=O) groups is 4. The zero-order chi connectivity index (χ0) is 48.2. The maximum absolute atomic E-state index is 15.0. The van der Waals surface area contributed by atoms with E-state index in [0.29, 0.717) is 17.5 Å². The van der Waals surface area contributed by atoms with Crippen LogP contribution in [0.15, 0.2) is 54.6 Å². The van der Waals surface area contributed by atoms with Crippen molar-refractivity contribution in [3.63, 3.8) is 0 Å². The number of fused-ring (bicyclic) bond motifs is 8. The average molecular weight is 924 g/mol. The van der Waals surface area contributed by atoms with Crippen LogP contribution in [-0.4, -0.2) is 151 Å². The van der Waals surface area contributed by atoms with Crippen molar-refractivity contribution in [2.24, 2.45) is 23.7 Å². The molecule has 1 aliphatic carbocycles. The van der Waals surface area contributed by atoms with Crippen LogP contribution in [0.5, 0.6) is 0 Å². The quantitative estimate of drug-likeness (QED) is 0.282. The first-order chi connectivity index (χ1) is 31.1. The first-order valence-corrected chi connectivity index (χ1v) is 23.2. The number of Topliss-reactive ketones (excluding diaryl/α,β-unsaturated/α-hetero) is 1. The lowest BCUT2D eigenvalue weighted by Crippen LogP contribution is -2.62. The molecule has 3 unspecified atom stereocenters. The van der Waals surface area contributed by atoms with Gasteiger partial charge in [0.1, 0.15) is 23.1 Å². The molecule has 66 heavy (non-hydrogen) atoms. The molecule has 7 rings (SSSR count). The third kappa shape index (κ3) is 9.34. The molecule has 19 atom stereocenters. The highest BCUT2D eigenvalue weighted by Gasteiger charge is 2.70. The van der Waals surface area contributed by atoms with E-state index in [9.17, 15) is 24.6 Å². The normalized spacial score (nSPS) is 43.2. The van der Waals surface area contributed by atoms with E-state index in [1.807, 2.05) is 39.8 Å². The number of hydrogen-bond acceptors (Lipinski definition) is 16. The van der Waals surface area contributed by atoms with Crippen LogP contribution in [0.4, 0.5) is 0 Å². The molecule has 0 spiro atoms. The largest absolute Gasteiger partial charge is 0.458 e. The molecule has 4 aliphatic heterocycles. The summed E-state index contributed by atoms with van der Waals surface area (Å²) in [7, 11) is 6.81. The monoisotopic (exact) mass is 923 g/mol. The van der Waals surface area contributed by atoms with Gasteiger partial charge in [-0.1, -0.05) is 51.1 Å². The summed E-state index contributed by atoms with van der Waals surface area (Å²) >= 11 is 0. The maximum atomic E-state index is 15.0. The fraction of sp³-hybridized carbons (Fsp3) is 0.680. The van der Waals surface area contributed by atoms with E-state index in [0.717, 1.165) is 0 Å². The van der Waals surface area contributed by atoms with Gasteiger partial charge in [0, 0.05) is 44.3 Å². The second-order valence-corrected chi connectivity index (χ2v) is 20.0. The van der Waals surface area contributed by atoms with Gasteiger partial charge >= 0.3 is 17.9 Å². The van der Waals surface area contributed by atoms with Crippen LogP contribution in [0.1, 0.15) is 107 Å². The Morgan fingerprint density at radius 3 is 2.15 bits per heavy atom. The van der Waals surface area contributed by atoms with Gasteiger partial charge in [-0.25, -0.2) is 9.59 Å². The van der Waals surface area contributed by atoms with Crippen molar-refractivity contribution in [3.8, 4) is 0 Å². The first-order valence-electron chi connectivity index (χ1n) is 23.2. The summed E-state index contributed by atoms with van der Waals surface area (Å²) in [5.41, 5.74) is -3.43. The van der Waals surface area contributed by atoms with Gasteiger partial charge in [0.25, 0.3) is 0 Å². The topological polar surface area (TPSA) is 195 Å². The van der Waals surface area contributed by atoms with E-state index in [1.165, 1.54) is 21.1 Å². The number of ether oxygens (including phenoxy) is 9. The van der Waals surface area contributed by atoms with Crippen molar-refractivity contribution in [2.45, 2.75) is 165 Å². The van der Waals surface area contributed by atoms with E-state index in [2.05, 4.69) is 0 Å².